The fourth-order valence-corrected chi connectivity index (χ4v) is 3.62. The highest BCUT2D eigenvalue weighted by atomic mass is 32.2. The average molecular weight is 270 g/mol. The van der Waals surface area contributed by atoms with Crippen molar-refractivity contribution in [2.75, 3.05) is 0 Å². The van der Waals surface area contributed by atoms with Gasteiger partial charge in [-0.05, 0) is 31.2 Å². The van der Waals surface area contributed by atoms with Crippen LogP contribution >= 0.6 is 0 Å². The smallest absolute Gasteiger partial charge is 0.242 e. The van der Waals surface area contributed by atoms with Crippen LogP contribution in [0.15, 0.2) is 17.2 Å². The highest BCUT2D eigenvalue weighted by molar-refractivity contribution is 7.89. The number of aliphatic hydroxyl groups is 1. The zero-order valence-corrected chi connectivity index (χ0v) is 11.2. The molecule has 0 bridgehead atoms. The number of sulfonamides is 1. The Hall–Kier alpha value is -0.850. The lowest BCUT2D eigenvalue weighted by atomic mass is 10.4. The molecule has 0 aromatic carbocycles. The fourth-order valence-electron chi connectivity index (χ4n) is 2.22. The maximum absolute atomic E-state index is 12.1. The lowest BCUT2D eigenvalue weighted by Crippen LogP contribution is -2.26. The average Bonchev–Trinajstić information content (AvgIpc) is 3.21. The second-order valence-corrected chi connectivity index (χ2v) is 7.12. The number of nitrogens with zero attached hydrogens (tertiary/aromatic N) is 1. The van der Waals surface area contributed by atoms with Crippen LogP contribution in [-0.4, -0.2) is 24.1 Å². The molecule has 0 spiro atoms. The third kappa shape index (κ3) is 2.20. The zero-order chi connectivity index (χ0) is 12.9. The molecule has 2 fully saturated rings. The van der Waals surface area contributed by atoms with E-state index in [-0.39, 0.29) is 17.5 Å². The first-order chi connectivity index (χ1) is 8.51. The van der Waals surface area contributed by atoms with Crippen LogP contribution in [0.5, 0.6) is 0 Å². The van der Waals surface area contributed by atoms with Gasteiger partial charge in [0.25, 0.3) is 0 Å². The third-order valence-corrected chi connectivity index (χ3v) is 5.19. The van der Waals surface area contributed by atoms with Gasteiger partial charge in [0.1, 0.15) is 0 Å². The molecule has 2 N–H and O–H groups in total. The molecular weight excluding hydrogens is 252 g/mol. The fraction of sp³-hybridized carbons (Fsp3) is 0.667. The van der Waals surface area contributed by atoms with Crippen molar-refractivity contribution in [2.24, 2.45) is 5.92 Å². The summed E-state index contributed by atoms with van der Waals surface area (Å²) < 4.78 is 28.9. The Balaban J connectivity index is 1.86. The molecule has 1 aromatic heterocycles. The lowest BCUT2D eigenvalue weighted by Gasteiger charge is -2.04. The van der Waals surface area contributed by atoms with E-state index in [2.05, 4.69) is 4.72 Å². The first-order valence-corrected chi connectivity index (χ1v) is 7.83. The summed E-state index contributed by atoms with van der Waals surface area (Å²) in [6.07, 6.45) is 4.69. The molecule has 100 valence electrons. The van der Waals surface area contributed by atoms with Gasteiger partial charge in [-0.25, -0.2) is 13.1 Å². The molecule has 0 radical (unpaired) electrons. The normalized spacial score (nSPS) is 27.4. The van der Waals surface area contributed by atoms with Gasteiger partial charge in [-0.2, -0.15) is 0 Å². The highest BCUT2D eigenvalue weighted by Gasteiger charge is 2.37. The number of nitrogens with one attached hydrogen (secondary N) is 1. The molecule has 6 heteroatoms. The van der Waals surface area contributed by atoms with Crippen molar-refractivity contribution in [3.63, 3.8) is 0 Å². The van der Waals surface area contributed by atoms with E-state index in [1.165, 1.54) is 0 Å². The van der Waals surface area contributed by atoms with Crippen LogP contribution in [-0.2, 0) is 16.6 Å². The van der Waals surface area contributed by atoms with E-state index in [9.17, 15) is 13.5 Å². The second-order valence-electron chi connectivity index (χ2n) is 5.40. The van der Waals surface area contributed by atoms with Crippen molar-refractivity contribution in [1.29, 1.82) is 0 Å². The first kappa shape index (κ1) is 12.2. The van der Waals surface area contributed by atoms with Crippen LogP contribution in [0.4, 0.5) is 0 Å². The molecule has 2 saturated carbocycles. The van der Waals surface area contributed by atoms with E-state index in [4.69, 9.17) is 0 Å². The SMILES string of the molecule is CC1CC1NS(=O)(=O)c1cc(CO)n(C2CC2)c1. The van der Waals surface area contributed by atoms with Crippen LogP contribution in [0.25, 0.3) is 0 Å². The van der Waals surface area contributed by atoms with E-state index < -0.39 is 10.0 Å². The predicted molar refractivity (Wildman–Crippen MR) is 66.5 cm³/mol. The Morgan fingerprint density at radius 2 is 2.17 bits per heavy atom. The molecule has 0 amide bonds. The minimum atomic E-state index is -3.43. The first-order valence-electron chi connectivity index (χ1n) is 6.35. The summed E-state index contributed by atoms with van der Waals surface area (Å²) >= 11 is 0. The van der Waals surface area contributed by atoms with Crippen LogP contribution in [0.2, 0.25) is 0 Å². The van der Waals surface area contributed by atoms with E-state index in [0.717, 1.165) is 19.3 Å². The van der Waals surface area contributed by atoms with Gasteiger partial charge in [-0.1, -0.05) is 6.92 Å². The molecule has 18 heavy (non-hydrogen) atoms. The van der Waals surface area contributed by atoms with E-state index >= 15 is 0 Å². The van der Waals surface area contributed by atoms with E-state index in [1.807, 2.05) is 11.5 Å². The topological polar surface area (TPSA) is 71.3 Å². The molecule has 2 atom stereocenters. The summed E-state index contributed by atoms with van der Waals surface area (Å²) in [5.41, 5.74) is 0.682. The molecule has 0 saturated heterocycles. The summed E-state index contributed by atoms with van der Waals surface area (Å²) in [7, 11) is -3.43. The molecule has 1 heterocycles. The number of aliphatic hydroxyl groups excluding tert-OH is 1. The van der Waals surface area contributed by atoms with Gasteiger partial charge in [0.15, 0.2) is 0 Å². The summed E-state index contributed by atoms with van der Waals surface area (Å²) in [5.74, 6) is 0.433. The highest BCUT2D eigenvalue weighted by Crippen LogP contribution is 2.37. The Morgan fingerprint density at radius 3 is 2.67 bits per heavy atom. The maximum atomic E-state index is 12.1. The Bertz CT molecular complexity index is 560. The number of aromatic nitrogens is 1. The maximum Gasteiger partial charge on any atom is 0.242 e. The summed E-state index contributed by atoms with van der Waals surface area (Å²) in [6, 6.07) is 2.03. The Labute approximate surface area is 107 Å². The molecule has 2 aliphatic carbocycles. The van der Waals surface area contributed by atoms with Gasteiger partial charge in [0.05, 0.1) is 11.5 Å². The van der Waals surface area contributed by atoms with E-state index in [1.54, 1.807) is 12.3 Å². The number of hydrogen-bond acceptors (Lipinski definition) is 3. The molecule has 1 aromatic rings. The molecule has 5 nitrogen and oxygen atoms in total. The van der Waals surface area contributed by atoms with Crippen molar-refractivity contribution in [3.8, 4) is 0 Å². The minimum absolute atomic E-state index is 0.0804. The van der Waals surface area contributed by atoms with Crippen LogP contribution in [0.1, 0.15) is 37.9 Å². The number of hydrogen-bond donors (Lipinski definition) is 2. The lowest BCUT2D eigenvalue weighted by molar-refractivity contribution is 0.270. The van der Waals surface area contributed by atoms with E-state index in [0.29, 0.717) is 17.7 Å². The summed E-state index contributed by atoms with van der Waals surface area (Å²) in [6.45, 7) is 1.91. The Morgan fingerprint density at radius 1 is 1.50 bits per heavy atom. The quantitative estimate of drug-likeness (QED) is 0.838. The van der Waals surface area contributed by atoms with Crippen molar-refractivity contribution in [2.45, 2.75) is 49.8 Å². The van der Waals surface area contributed by atoms with Crippen molar-refractivity contribution in [1.82, 2.24) is 9.29 Å². The van der Waals surface area contributed by atoms with Gasteiger partial charge >= 0.3 is 0 Å². The van der Waals surface area contributed by atoms with Crippen LogP contribution in [0.3, 0.4) is 0 Å². The van der Waals surface area contributed by atoms with Gasteiger partial charge in [0.2, 0.25) is 10.0 Å². The van der Waals surface area contributed by atoms with Crippen molar-refractivity contribution in [3.05, 3.63) is 18.0 Å². The van der Waals surface area contributed by atoms with Gasteiger partial charge in [-0.3, -0.25) is 0 Å². The molecule has 2 aliphatic rings. The number of rotatable bonds is 5. The molecular formula is C12H18N2O3S. The predicted octanol–water partition coefficient (Wildman–Crippen LogP) is 1.00. The van der Waals surface area contributed by atoms with Gasteiger partial charge in [-0.15, -0.1) is 0 Å². The largest absolute Gasteiger partial charge is 0.390 e. The minimum Gasteiger partial charge on any atom is -0.390 e. The molecule has 0 aliphatic heterocycles. The van der Waals surface area contributed by atoms with Crippen molar-refractivity contribution < 1.29 is 13.5 Å². The zero-order valence-electron chi connectivity index (χ0n) is 10.3. The van der Waals surface area contributed by atoms with Gasteiger partial charge < -0.3 is 9.67 Å². The molecule has 3 rings (SSSR count). The Kier molecular flexibility index (Phi) is 2.76. The summed E-state index contributed by atoms with van der Waals surface area (Å²) in [5, 5.41) is 9.27. The third-order valence-electron chi connectivity index (χ3n) is 3.74. The summed E-state index contributed by atoms with van der Waals surface area (Å²) in [4.78, 5) is 0.276. The van der Waals surface area contributed by atoms with Gasteiger partial charge in [0, 0.05) is 24.0 Å². The standard InChI is InChI=1S/C12H18N2O3S/c1-8-4-12(8)13-18(16,17)11-5-10(7-15)14(6-11)9-2-3-9/h5-6,8-9,12-13,15H,2-4,7H2,1H3. The van der Waals surface area contributed by atoms with Crippen molar-refractivity contribution >= 4 is 10.0 Å². The second kappa shape index (κ2) is 4.08. The van der Waals surface area contributed by atoms with Crippen LogP contribution < -0.4 is 4.72 Å². The van der Waals surface area contributed by atoms with Crippen LogP contribution in [0, 0.1) is 5.92 Å². The molecule has 2 unspecified atom stereocenters. The monoisotopic (exact) mass is 270 g/mol.